The summed E-state index contributed by atoms with van der Waals surface area (Å²) in [7, 11) is 1.57. The minimum Gasteiger partial charge on any atom is -0.493 e. The van der Waals surface area contributed by atoms with Crippen LogP contribution in [0.2, 0.25) is 0 Å². The number of benzene rings is 1. The maximum atomic E-state index is 13.6. The van der Waals surface area contributed by atoms with E-state index in [2.05, 4.69) is 39.5 Å². The monoisotopic (exact) mass is 532 g/mol. The fraction of sp³-hybridized carbons (Fsp3) is 0.733. The lowest BCUT2D eigenvalue weighted by Gasteiger charge is -2.30. The van der Waals surface area contributed by atoms with Crippen molar-refractivity contribution >= 4 is 11.9 Å². The molecule has 1 aromatic carbocycles. The molecule has 38 heavy (non-hydrogen) atoms. The molecule has 1 N–H and O–H groups in total. The summed E-state index contributed by atoms with van der Waals surface area (Å²) in [4.78, 5) is 30.6. The van der Waals surface area contributed by atoms with E-state index < -0.39 is 17.9 Å². The Morgan fingerprint density at radius 1 is 1.11 bits per heavy atom. The van der Waals surface area contributed by atoms with Gasteiger partial charge in [-0.15, -0.1) is 0 Å². The molecule has 0 spiro atoms. The number of carboxylic acids is 1. The Bertz CT molecular complexity index is 941. The number of likely N-dealkylation sites (tertiary alicyclic amines) is 1. The van der Waals surface area contributed by atoms with Gasteiger partial charge in [0.25, 0.3) is 0 Å². The Hall–Kier alpha value is -2.48. The zero-order valence-corrected chi connectivity index (χ0v) is 24.3. The number of carbonyl (C=O) groups excluding carboxylic acids is 1. The molecule has 1 fully saturated rings. The van der Waals surface area contributed by atoms with Gasteiger partial charge in [0, 0.05) is 25.7 Å². The molecule has 8 heteroatoms. The maximum Gasteiger partial charge on any atom is 0.308 e. The first-order valence-corrected chi connectivity index (χ1v) is 14.4. The van der Waals surface area contributed by atoms with Gasteiger partial charge >= 0.3 is 5.97 Å². The van der Waals surface area contributed by atoms with Gasteiger partial charge in [-0.3, -0.25) is 14.5 Å². The van der Waals surface area contributed by atoms with E-state index >= 15 is 0 Å². The van der Waals surface area contributed by atoms with E-state index in [-0.39, 0.29) is 30.6 Å². The van der Waals surface area contributed by atoms with Crippen LogP contribution in [-0.4, -0.2) is 66.9 Å². The van der Waals surface area contributed by atoms with Crippen LogP contribution in [0.25, 0.3) is 0 Å². The molecule has 8 nitrogen and oxygen atoms in total. The van der Waals surface area contributed by atoms with Gasteiger partial charge < -0.3 is 24.2 Å². The summed E-state index contributed by atoms with van der Waals surface area (Å²) in [5.74, 6) is 0.126. The second-order valence-corrected chi connectivity index (χ2v) is 11.7. The maximum absolute atomic E-state index is 13.6. The van der Waals surface area contributed by atoms with Crippen LogP contribution in [0.4, 0.5) is 0 Å². The molecule has 3 rings (SSSR count). The Balaban J connectivity index is 1.99. The predicted molar refractivity (Wildman–Crippen MR) is 148 cm³/mol. The smallest absolute Gasteiger partial charge is 0.308 e. The molecule has 0 saturated carbocycles. The van der Waals surface area contributed by atoms with Gasteiger partial charge in [-0.25, -0.2) is 0 Å². The average molecular weight is 533 g/mol. The molecule has 0 bridgehead atoms. The summed E-state index contributed by atoms with van der Waals surface area (Å²) in [6, 6.07) is 3.26. The van der Waals surface area contributed by atoms with E-state index in [1.807, 2.05) is 17.0 Å². The Morgan fingerprint density at radius 2 is 1.79 bits per heavy atom. The molecule has 1 saturated heterocycles. The fourth-order valence-electron chi connectivity index (χ4n) is 6.26. The summed E-state index contributed by atoms with van der Waals surface area (Å²) in [6.07, 6.45) is 6.83. The number of methoxy groups -OCH3 is 1. The van der Waals surface area contributed by atoms with Crippen molar-refractivity contribution < 1.29 is 28.9 Å². The number of rotatable bonds is 15. The quantitative estimate of drug-likeness (QED) is 0.308. The van der Waals surface area contributed by atoms with E-state index in [0.717, 1.165) is 63.6 Å². The molecule has 2 aliphatic rings. The molecule has 1 aromatic rings. The van der Waals surface area contributed by atoms with Gasteiger partial charge in [0.05, 0.1) is 19.6 Å². The highest BCUT2D eigenvalue weighted by Crippen LogP contribution is 2.50. The zero-order chi connectivity index (χ0) is 27.9. The van der Waals surface area contributed by atoms with Crippen LogP contribution in [0.1, 0.15) is 91.2 Å². The van der Waals surface area contributed by atoms with Crippen molar-refractivity contribution in [1.82, 2.24) is 9.80 Å². The number of aliphatic carboxylic acids is 1. The van der Waals surface area contributed by atoms with Crippen molar-refractivity contribution in [1.29, 1.82) is 0 Å². The number of hydrogen-bond acceptors (Lipinski definition) is 6. The molecule has 2 heterocycles. The Kier molecular flexibility index (Phi) is 10.7. The second kappa shape index (κ2) is 13.5. The Labute approximate surface area is 228 Å². The van der Waals surface area contributed by atoms with Crippen molar-refractivity contribution in [3.63, 3.8) is 0 Å². The van der Waals surface area contributed by atoms with Crippen LogP contribution in [0.15, 0.2) is 12.1 Å². The lowest BCUT2D eigenvalue weighted by Crippen LogP contribution is -2.42. The summed E-state index contributed by atoms with van der Waals surface area (Å²) < 4.78 is 16.9. The van der Waals surface area contributed by atoms with Gasteiger partial charge in [-0.05, 0) is 54.7 Å². The summed E-state index contributed by atoms with van der Waals surface area (Å²) >= 11 is 0. The van der Waals surface area contributed by atoms with E-state index in [1.54, 1.807) is 7.11 Å². The van der Waals surface area contributed by atoms with E-state index in [0.29, 0.717) is 23.8 Å². The molecule has 0 aliphatic carbocycles. The largest absolute Gasteiger partial charge is 0.493 e. The van der Waals surface area contributed by atoms with Gasteiger partial charge in [0.1, 0.15) is 0 Å². The molecule has 3 atom stereocenters. The predicted octanol–water partition coefficient (Wildman–Crippen LogP) is 5.74. The van der Waals surface area contributed by atoms with Crippen molar-refractivity contribution in [2.45, 2.75) is 85.6 Å². The molecule has 2 aliphatic heterocycles. The first-order chi connectivity index (χ1) is 18.1. The molecule has 0 aromatic heterocycles. The minimum absolute atomic E-state index is 0.0124. The topological polar surface area (TPSA) is 88.5 Å². The standard InChI is InChI=1S/C30H48N2O6/c1-7-10-13-31(14-11-8-2)25(33)19-32-18-22(17-30(4,5)12-9-3)26(29(34)35)27(32)21-15-23(36-6)28-24(16-21)37-20-38-28/h15-16,22,26-27H,7-14,17-20H2,1-6H3,(H,34,35)/t22-,26-,27-/m1/s1. The number of nitrogens with zero attached hydrogens (tertiary/aromatic N) is 2. The summed E-state index contributed by atoms with van der Waals surface area (Å²) in [6.45, 7) is 13.2. The summed E-state index contributed by atoms with van der Waals surface area (Å²) in [5, 5.41) is 10.5. The van der Waals surface area contributed by atoms with Gasteiger partial charge in [0.15, 0.2) is 11.5 Å². The number of hydrogen-bond donors (Lipinski definition) is 1. The van der Waals surface area contributed by atoms with Crippen molar-refractivity contribution in [3.8, 4) is 17.2 Å². The number of carbonyl (C=O) groups is 2. The van der Waals surface area contributed by atoms with Crippen LogP contribution in [0.5, 0.6) is 17.2 Å². The second-order valence-electron chi connectivity index (χ2n) is 11.7. The number of carboxylic acid groups (broad SMARTS) is 1. The highest BCUT2D eigenvalue weighted by Gasteiger charge is 2.49. The third-order valence-electron chi connectivity index (χ3n) is 8.01. The molecule has 0 radical (unpaired) electrons. The minimum atomic E-state index is -0.826. The lowest BCUT2D eigenvalue weighted by molar-refractivity contribution is -0.145. The number of fused-ring (bicyclic) bond motifs is 1. The SMILES string of the molecule is CCCCN(CCCC)C(=O)CN1C[C@@H](CC(C)(C)CCC)[C@@H](C(=O)O)[C@H]1c1cc(OC)c2c(c1)OCO2. The normalized spacial score (nSPS) is 21.1. The van der Waals surface area contributed by atoms with Gasteiger partial charge in [0.2, 0.25) is 18.4 Å². The number of unbranched alkanes of at least 4 members (excludes halogenated alkanes) is 2. The van der Waals surface area contributed by atoms with Crippen LogP contribution >= 0.6 is 0 Å². The van der Waals surface area contributed by atoms with E-state index in [1.165, 1.54) is 0 Å². The van der Waals surface area contributed by atoms with Crippen LogP contribution in [-0.2, 0) is 9.59 Å². The molecule has 1 amide bonds. The van der Waals surface area contributed by atoms with Crippen LogP contribution in [0, 0.1) is 17.3 Å². The van der Waals surface area contributed by atoms with E-state index in [9.17, 15) is 14.7 Å². The molecular formula is C30H48N2O6. The van der Waals surface area contributed by atoms with Crippen molar-refractivity contribution in [3.05, 3.63) is 17.7 Å². The zero-order valence-electron chi connectivity index (χ0n) is 24.3. The van der Waals surface area contributed by atoms with Gasteiger partial charge in [-0.1, -0.05) is 53.9 Å². The lowest BCUT2D eigenvalue weighted by atomic mass is 9.74. The van der Waals surface area contributed by atoms with Crippen molar-refractivity contribution in [2.75, 3.05) is 40.1 Å². The average Bonchev–Trinajstić information content (AvgIpc) is 3.47. The van der Waals surface area contributed by atoms with Crippen molar-refractivity contribution in [2.24, 2.45) is 17.3 Å². The third-order valence-corrected chi connectivity index (χ3v) is 8.01. The highest BCUT2D eigenvalue weighted by molar-refractivity contribution is 5.79. The van der Waals surface area contributed by atoms with Crippen LogP contribution in [0.3, 0.4) is 0 Å². The highest BCUT2D eigenvalue weighted by atomic mass is 16.7. The first-order valence-electron chi connectivity index (χ1n) is 14.4. The number of amides is 1. The Morgan fingerprint density at radius 3 is 2.37 bits per heavy atom. The molecular weight excluding hydrogens is 484 g/mol. The number of ether oxygens (including phenoxy) is 3. The summed E-state index contributed by atoms with van der Waals surface area (Å²) in [5.41, 5.74) is 0.800. The third kappa shape index (κ3) is 7.13. The van der Waals surface area contributed by atoms with Crippen LogP contribution < -0.4 is 14.2 Å². The van der Waals surface area contributed by atoms with Gasteiger partial charge in [-0.2, -0.15) is 0 Å². The molecule has 214 valence electrons. The van der Waals surface area contributed by atoms with E-state index in [4.69, 9.17) is 14.2 Å². The fourth-order valence-corrected chi connectivity index (χ4v) is 6.26. The molecule has 0 unspecified atom stereocenters. The first kappa shape index (κ1) is 30.1.